The maximum absolute atomic E-state index is 8.31. The monoisotopic (exact) mass is 113 g/mol. The minimum Gasteiger partial charge on any atom is -0.385 e. The first kappa shape index (κ1) is 4.81. The van der Waals surface area contributed by atoms with E-state index in [0.717, 1.165) is 12.2 Å². The summed E-state index contributed by atoms with van der Waals surface area (Å²) in [6.45, 7) is 1.09. The van der Waals surface area contributed by atoms with Gasteiger partial charge in [-0.25, -0.2) is 0 Å². The molecule has 0 saturated heterocycles. The van der Waals surface area contributed by atoms with Gasteiger partial charge in [0, 0.05) is 0 Å². The van der Waals surface area contributed by atoms with Crippen LogP contribution >= 0.6 is 11.3 Å². The molecule has 0 aliphatic carbocycles. The molecule has 0 aliphatic heterocycles. The summed E-state index contributed by atoms with van der Waals surface area (Å²) >= 11 is 1.57. The van der Waals surface area contributed by atoms with Gasteiger partial charge in [0.2, 0.25) is 0 Å². The molecule has 1 aromatic heterocycles. The van der Waals surface area contributed by atoms with Gasteiger partial charge in [-0.2, -0.15) is 11.3 Å². The lowest BCUT2D eigenvalue weighted by Crippen LogP contribution is -1.67. The van der Waals surface area contributed by atoms with Crippen molar-refractivity contribution >= 4 is 11.3 Å². The second-order valence-corrected chi connectivity index (χ2v) is 1.97. The molecule has 1 N–H and O–H groups in total. The molecule has 0 amide bonds. The van der Waals surface area contributed by atoms with E-state index in [2.05, 4.69) is 0 Å². The van der Waals surface area contributed by atoms with E-state index in [1.54, 1.807) is 11.3 Å². The highest BCUT2D eigenvalue weighted by Crippen LogP contribution is 2.05. The number of hydrogen-bond acceptors (Lipinski definition) is 2. The molecular formula is C5H5OS. The molecule has 2 heteroatoms. The Bertz CT molecular complexity index is 123. The van der Waals surface area contributed by atoms with Crippen molar-refractivity contribution in [3.63, 3.8) is 0 Å². The number of thiophene rings is 1. The zero-order chi connectivity index (χ0) is 5.11. The number of hydrogen-bond donors (Lipinski definition) is 1. The lowest BCUT2D eigenvalue weighted by Gasteiger charge is -1.77. The molecule has 0 unspecified atom stereocenters. The Morgan fingerprint density at radius 2 is 2.57 bits per heavy atom. The van der Waals surface area contributed by atoms with E-state index < -0.39 is 0 Å². The fourth-order valence-electron chi connectivity index (χ4n) is 0.348. The van der Waals surface area contributed by atoms with Crippen LogP contribution in [0.1, 0.15) is 5.56 Å². The van der Waals surface area contributed by atoms with Crippen LogP contribution in [-0.4, -0.2) is 5.11 Å². The van der Waals surface area contributed by atoms with Crippen molar-refractivity contribution < 1.29 is 5.11 Å². The Balaban J connectivity index is 2.76. The molecule has 1 aromatic rings. The molecule has 1 rings (SSSR count). The lowest BCUT2D eigenvalue weighted by atomic mass is 10.4. The Morgan fingerprint density at radius 3 is 2.86 bits per heavy atom. The largest absolute Gasteiger partial charge is 0.385 e. The molecule has 0 fully saturated rings. The standard InChI is InChI=1S/C5H5OS/c6-3-5-1-2-7-4-5/h1-4,6H. The van der Waals surface area contributed by atoms with Gasteiger partial charge in [0.25, 0.3) is 0 Å². The predicted molar refractivity (Wildman–Crippen MR) is 29.7 cm³/mol. The first-order chi connectivity index (χ1) is 3.43. The zero-order valence-electron chi connectivity index (χ0n) is 3.66. The Hall–Kier alpha value is -0.340. The highest BCUT2D eigenvalue weighted by atomic mass is 32.1. The molecule has 0 saturated carbocycles. The molecule has 37 valence electrons. The van der Waals surface area contributed by atoms with Gasteiger partial charge in [0.05, 0.1) is 0 Å². The van der Waals surface area contributed by atoms with Crippen molar-refractivity contribution in [3.05, 3.63) is 29.0 Å². The highest BCUT2D eigenvalue weighted by molar-refractivity contribution is 7.08. The van der Waals surface area contributed by atoms with Crippen LogP contribution in [0.25, 0.3) is 0 Å². The quantitative estimate of drug-likeness (QED) is 0.586. The van der Waals surface area contributed by atoms with Crippen LogP contribution in [0.3, 0.4) is 0 Å². The molecule has 0 bridgehead atoms. The van der Waals surface area contributed by atoms with Gasteiger partial charge in [-0.15, -0.1) is 0 Å². The molecule has 0 spiro atoms. The molecule has 0 aliphatic rings. The average Bonchev–Trinajstić information content (AvgIpc) is 2.14. The average molecular weight is 113 g/mol. The molecule has 7 heavy (non-hydrogen) atoms. The summed E-state index contributed by atoms with van der Waals surface area (Å²) in [5.74, 6) is 0. The molecule has 1 heterocycles. The van der Waals surface area contributed by atoms with Crippen molar-refractivity contribution in [1.82, 2.24) is 0 Å². The van der Waals surface area contributed by atoms with Crippen LogP contribution in [0, 0.1) is 6.61 Å². The van der Waals surface area contributed by atoms with Crippen LogP contribution in [0.4, 0.5) is 0 Å². The van der Waals surface area contributed by atoms with E-state index >= 15 is 0 Å². The minimum absolute atomic E-state index is 0.880. The van der Waals surface area contributed by atoms with Crippen molar-refractivity contribution in [2.45, 2.75) is 0 Å². The van der Waals surface area contributed by atoms with Crippen LogP contribution in [0.2, 0.25) is 0 Å². The van der Waals surface area contributed by atoms with Crippen LogP contribution in [0.15, 0.2) is 16.8 Å². The Kier molecular flexibility index (Phi) is 1.44. The third kappa shape index (κ3) is 1.01. The summed E-state index contributed by atoms with van der Waals surface area (Å²) in [7, 11) is 0. The van der Waals surface area contributed by atoms with Crippen molar-refractivity contribution in [1.29, 1.82) is 0 Å². The van der Waals surface area contributed by atoms with Gasteiger partial charge >= 0.3 is 0 Å². The van der Waals surface area contributed by atoms with Crippen LogP contribution in [-0.2, 0) is 0 Å². The van der Waals surface area contributed by atoms with Crippen LogP contribution < -0.4 is 0 Å². The number of rotatable bonds is 1. The van der Waals surface area contributed by atoms with E-state index in [9.17, 15) is 0 Å². The molecule has 0 aromatic carbocycles. The summed E-state index contributed by atoms with van der Waals surface area (Å²) < 4.78 is 0. The van der Waals surface area contributed by atoms with Gasteiger partial charge in [0.1, 0.15) is 6.61 Å². The van der Waals surface area contributed by atoms with Gasteiger partial charge < -0.3 is 5.11 Å². The van der Waals surface area contributed by atoms with E-state index in [1.807, 2.05) is 16.8 Å². The summed E-state index contributed by atoms with van der Waals surface area (Å²) in [5.41, 5.74) is 0.880. The Morgan fingerprint density at radius 1 is 1.71 bits per heavy atom. The molecule has 1 nitrogen and oxygen atoms in total. The molecule has 1 radical (unpaired) electrons. The topological polar surface area (TPSA) is 20.2 Å². The summed E-state index contributed by atoms with van der Waals surface area (Å²) in [6.07, 6.45) is 0. The first-order valence-corrected chi connectivity index (χ1v) is 2.87. The van der Waals surface area contributed by atoms with E-state index in [1.165, 1.54) is 0 Å². The van der Waals surface area contributed by atoms with Crippen molar-refractivity contribution in [2.75, 3.05) is 0 Å². The fraction of sp³-hybridized carbons (Fsp3) is 0. The third-order valence-corrected chi connectivity index (χ3v) is 1.39. The lowest BCUT2D eigenvalue weighted by molar-refractivity contribution is 0.415. The first-order valence-electron chi connectivity index (χ1n) is 1.93. The SMILES string of the molecule is O[CH]c1ccsc1. The maximum atomic E-state index is 8.31. The normalized spacial score (nSPS) is 9.29. The summed E-state index contributed by atoms with van der Waals surface area (Å²) in [4.78, 5) is 0. The molecule has 0 atom stereocenters. The summed E-state index contributed by atoms with van der Waals surface area (Å²) in [6, 6.07) is 1.85. The van der Waals surface area contributed by atoms with Gasteiger partial charge in [-0.1, -0.05) is 0 Å². The second-order valence-electron chi connectivity index (χ2n) is 1.19. The Labute approximate surface area is 46.2 Å². The minimum atomic E-state index is 0.880. The molecular weight excluding hydrogens is 108 g/mol. The predicted octanol–water partition coefficient (Wildman–Crippen LogP) is 1.63. The maximum Gasteiger partial charge on any atom is 0.110 e. The van der Waals surface area contributed by atoms with E-state index in [0.29, 0.717) is 0 Å². The van der Waals surface area contributed by atoms with Crippen LogP contribution in [0.5, 0.6) is 0 Å². The van der Waals surface area contributed by atoms with Crippen molar-refractivity contribution in [2.24, 2.45) is 0 Å². The fourth-order valence-corrected chi connectivity index (χ4v) is 0.959. The zero-order valence-corrected chi connectivity index (χ0v) is 4.48. The van der Waals surface area contributed by atoms with Gasteiger partial charge in [0.15, 0.2) is 0 Å². The van der Waals surface area contributed by atoms with E-state index in [-0.39, 0.29) is 0 Å². The van der Waals surface area contributed by atoms with Gasteiger partial charge in [-0.3, -0.25) is 0 Å². The van der Waals surface area contributed by atoms with Gasteiger partial charge in [-0.05, 0) is 22.4 Å². The second kappa shape index (κ2) is 2.09. The highest BCUT2D eigenvalue weighted by Gasteiger charge is 1.84. The number of aliphatic hydroxyl groups excluding tert-OH is 1. The number of aliphatic hydroxyl groups is 1. The van der Waals surface area contributed by atoms with Crippen molar-refractivity contribution in [3.8, 4) is 0 Å². The van der Waals surface area contributed by atoms with E-state index in [4.69, 9.17) is 5.11 Å². The third-order valence-electron chi connectivity index (χ3n) is 0.692. The summed E-state index contributed by atoms with van der Waals surface area (Å²) in [5, 5.41) is 12.1. The smallest absolute Gasteiger partial charge is 0.110 e.